The zero-order valence-corrected chi connectivity index (χ0v) is 19.2. The van der Waals surface area contributed by atoms with Crippen LogP contribution >= 0.6 is 0 Å². The predicted octanol–water partition coefficient (Wildman–Crippen LogP) is 6.59. The molecule has 0 bridgehead atoms. The number of phenols is 1. The molecular weight excluding hydrogens is 420 g/mol. The number of fused-ring (bicyclic) bond motifs is 1. The molecule has 0 aliphatic carbocycles. The first-order valence-corrected chi connectivity index (χ1v) is 11.4. The summed E-state index contributed by atoms with van der Waals surface area (Å²) in [5.41, 5.74) is 6.61. The summed E-state index contributed by atoms with van der Waals surface area (Å²) in [6.45, 7) is 4.07. The molecule has 0 atom stereocenters. The van der Waals surface area contributed by atoms with Crippen LogP contribution in [0, 0.1) is 18.3 Å². The van der Waals surface area contributed by atoms with E-state index in [4.69, 9.17) is 10.1 Å². The van der Waals surface area contributed by atoms with Crippen LogP contribution in [0.3, 0.4) is 0 Å². The zero-order valence-electron chi connectivity index (χ0n) is 19.2. The van der Waals surface area contributed by atoms with Gasteiger partial charge in [-0.05, 0) is 37.1 Å². The van der Waals surface area contributed by atoms with Crippen molar-refractivity contribution in [2.24, 2.45) is 0 Å². The summed E-state index contributed by atoms with van der Waals surface area (Å²) < 4.78 is 1.81. The van der Waals surface area contributed by atoms with E-state index in [9.17, 15) is 10.4 Å². The van der Waals surface area contributed by atoms with Gasteiger partial charge in [0.15, 0.2) is 5.65 Å². The molecule has 5 aromatic rings. The third-order valence-corrected chi connectivity index (χ3v) is 6.04. The Bertz CT molecular complexity index is 1530. The quantitative estimate of drug-likeness (QED) is 0.332. The summed E-state index contributed by atoms with van der Waals surface area (Å²) in [5, 5.41) is 26.6. The fourth-order valence-electron chi connectivity index (χ4n) is 4.46. The Balaban J connectivity index is 1.89. The molecule has 166 valence electrons. The fourth-order valence-corrected chi connectivity index (χ4v) is 4.46. The molecule has 2 heterocycles. The van der Waals surface area contributed by atoms with Crippen LogP contribution in [0.15, 0.2) is 78.9 Å². The largest absolute Gasteiger partial charge is 0.507 e. The van der Waals surface area contributed by atoms with E-state index < -0.39 is 0 Å². The molecule has 0 aliphatic heterocycles. The average molecular weight is 445 g/mol. The Morgan fingerprint density at radius 1 is 0.941 bits per heavy atom. The fraction of sp³-hybridized carbons (Fsp3) is 0.138. The molecule has 3 aromatic carbocycles. The lowest BCUT2D eigenvalue weighted by atomic mass is 9.92. The maximum atomic E-state index is 10.8. The maximum absolute atomic E-state index is 10.8. The molecule has 0 amide bonds. The molecule has 0 radical (unpaired) electrons. The van der Waals surface area contributed by atoms with E-state index in [0.717, 1.165) is 35.2 Å². The lowest BCUT2D eigenvalue weighted by molar-refractivity contribution is 0.477. The van der Waals surface area contributed by atoms with Crippen LogP contribution in [0.25, 0.3) is 39.1 Å². The molecular formula is C29H24N4O. The number of nitrogens with zero attached hydrogens (tertiary/aromatic N) is 4. The highest BCUT2D eigenvalue weighted by Gasteiger charge is 2.24. The van der Waals surface area contributed by atoms with Gasteiger partial charge in [0.25, 0.3) is 0 Å². The van der Waals surface area contributed by atoms with Crippen molar-refractivity contribution in [2.45, 2.75) is 26.7 Å². The summed E-state index contributed by atoms with van der Waals surface area (Å²) >= 11 is 0. The van der Waals surface area contributed by atoms with Crippen molar-refractivity contribution in [3.8, 4) is 39.9 Å². The molecule has 0 spiro atoms. The van der Waals surface area contributed by atoms with E-state index in [1.54, 1.807) is 12.1 Å². The molecule has 1 N–H and O–H groups in total. The molecule has 5 nitrogen and oxygen atoms in total. The van der Waals surface area contributed by atoms with Crippen molar-refractivity contribution >= 4 is 11.0 Å². The Kier molecular flexibility index (Phi) is 5.57. The molecule has 0 unspecified atom stereocenters. The summed E-state index contributed by atoms with van der Waals surface area (Å²) in [5.74, 6) is 0.114. The molecule has 5 heteroatoms. The molecule has 34 heavy (non-hydrogen) atoms. The van der Waals surface area contributed by atoms with Crippen LogP contribution in [0.1, 0.15) is 30.2 Å². The number of pyridine rings is 1. The Hall–Kier alpha value is -4.43. The highest BCUT2D eigenvalue weighted by atomic mass is 16.3. The molecule has 2 aromatic heterocycles. The van der Waals surface area contributed by atoms with E-state index in [-0.39, 0.29) is 5.75 Å². The number of phenolic OH excluding ortho intramolecular Hbond substituents is 1. The smallest absolute Gasteiger partial charge is 0.164 e. The van der Waals surface area contributed by atoms with Crippen molar-refractivity contribution in [1.29, 1.82) is 5.26 Å². The van der Waals surface area contributed by atoms with Crippen LogP contribution < -0.4 is 0 Å². The number of para-hydroxylation sites is 2. The number of aromatic nitrogens is 3. The first-order chi connectivity index (χ1) is 16.6. The zero-order chi connectivity index (χ0) is 23.7. The molecule has 0 saturated carbocycles. The number of benzene rings is 3. The summed E-state index contributed by atoms with van der Waals surface area (Å²) in [4.78, 5) is 5.00. The SMILES string of the molecule is CCCc1ccc(-c2nc3c(c(C)nn3-c3ccccc3)c(-c3ccccc3O)c2C#N)cc1. The van der Waals surface area contributed by atoms with Crippen LogP contribution in [-0.2, 0) is 6.42 Å². The number of aromatic hydroxyl groups is 1. The molecule has 0 saturated heterocycles. The number of hydrogen-bond acceptors (Lipinski definition) is 4. The van der Waals surface area contributed by atoms with E-state index in [2.05, 4.69) is 25.1 Å². The van der Waals surface area contributed by atoms with Crippen LogP contribution in [0.4, 0.5) is 0 Å². The van der Waals surface area contributed by atoms with Gasteiger partial charge >= 0.3 is 0 Å². The summed E-state index contributed by atoms with van der Waals surface area (Å²) in [6, 6.07) is 27.5. The third-order valence-electron chi connectivity index (χ3n) is 6.04. The molecule has 0 aliphatic rings. The lowest BCUT2D eigenvalue weighted by Gasteiger charge is -2.14. The second-order valence-corrected chi connectivity index (χ2v) is 8.32. The number of nitriles is 1. The third kappa shape index (κ3) is 3.60. The monoisotopic (exact) mass is 444 g/mol. The van der Waals surface area contributed by atoms with Gasteiger partial charge in [0, 0.05) is 16.7 Å². The topological polar surface area (TPSA) is 74.7 Å². The minimum atomic E-state index is 0.114. The number of hydrogen-bond donors (Lipinski definition) is 1. The van der Waals surface area contributed by atoms with Gasteiger partial charge in [0.2, 0.25) is 0 Å². The van der Waals surface area contributed by atoms with Gasteiger partial charge in [-0.15, -0.1) is 0 Å². The summed E-state index contributed by atoms with van der Waals surface area (Å²) in [7, 11) is 0. The average Bonchev–Trinajstić information content (AvgIpc) is 3.20. The minimum absolute atomic E-state index is 0.114. The predicted molar refractivity (Wildman–Crippen MR) is 135 cm³/mol. The van der Waals surface area contributed by atoms with Gasteiger partial charge in [-0.3, -0.25) is 0 Å². The van der Waals surface area contributed by atoms with E-state index in [1.807, 2.05) is 66.2 Å². The standard InChI is InChI=1S/C29H24N4O/c1-3-9-20-14-16-21(17-15-20)28-24(18-30)27(23-12-7-8-13-25(23)34)26-19(2)32-33(29(26)31-28)22-10-5-4-6-11-22/h4-8,10-17,34H,3,9H2,1-2H3. The normalized spacial score (nSPS) is 11.0. The van der Waals surface area contributed by atoms with Gasteiger partial charge in [0.05, 0.1) is 28.0 Å². The Labute approximate surface area is 198 Å². The Morgan fingerprint density at radius 2 is 1.65 bits per heavy atom. The van der Waals surface area contributed by atoms with E-state index >= 15 is 0 Å². The van der Waals surface area contributed by atoms with Gasteiger partial charge < -0.3 is 5.11 Å². The van der Waals surface area contributed by atoms with Gasteiger partial charge in [-0.2, -0.15) is 10.4 Å². The highest BCUT2D eigenvalue weighted by molar-refractivity contribution is 6.02. The molecule has 0 fully saturated rings. The van der Waals surface area contributed by atoms with E-state index in [0.29, 0.717) is 28.0 Å². The van der Waals surface area contributed by atoms with Crippen molar-refractivity contribution in [3.05, 3.63) is 95.7 Å². The maximum Gasteiger partial charge on any atom is 0.164 e. The lowest BCUT2D eigenvalue weighted by Crippen LogP contribution is -2.01. The number of aryl methyl sites for hydroxylation is 2. The second-order valence-electron chi connectivity index (χ2n) is 8.32. The van der Waals surface area contributed by atoms with Gasteiger partial charge in [-0.25, -0.2) is 9.67 Å². The van der Waals surface area contributed by atoms with Gasteiger partial charge in [0.1, 0.15) is 11.8 Å². The van der Waals surface area contributed by atoms with Crippen molar-refractivity contribution in [3.63, 3.8) is 0 Å². The van der Waals surface area contributed by atoms with Crippen molar-refractivity contribution in [1.82, 2.24) is 14.8 Å². The van der Waals surface area contributed by atoms with Crippen LogP contribution in [0.2, 0.25) is 0 Å². The number of rotatable bonds is 5. The van der Waals surface area contributed by atoms with Crippen LogP contribution in [-0.4, -0.2) is 19.9 Å². The van der Waals surface area contributed by atoms with Crippen LogP contribution in [0.5, 0.6) is 5.75 Å². The summed E-state index contributed by atoms with van der Waals surface area (Å²) in [6.07, 6.45) is 2.07. The molecule has 5 rings (SSSR count). The van der Waals surface area contributed by atoms with Crippen molar-refractivity contribution < 1.29 is 5.11 Å². The Morgan fingerprint density at radius 3 is 2.32 bits per heavy atom. The van der Waals surface area contributed by atoms with Gasteiger partial charge in [-0.1, -0.05) is 74.0 Å². The van der Waals surface area contributed by atoms with Crippen molar-refractivity contribution in [2.75, 3.05) is 0 Å². The minimum Gasteiger partial charge on any atom is -0.507 e. The highest BCUT2D eigenvalue weighted by Crippen LogP contribution is 2.41. The first-order valence-electron chi connectivity index (χ1n) is 11.4. The first kappa shape index (κ1) is 21.4. The van der Waals surface area contributed by atoms with E-state index in [1.165, 1.54) is 5.56 Å². The second kappa shape index (κ2) is 8.84.